The maximum Gasteiger partial charge on any atom is 0.234 e. The van der Waals surface area contributed by atoms with E-state index in [2.05, 4.69) is 20.4 Å². The quantitative estimate of drug-likeness (QED) is 0.327. The number of fused-ring (bicyclic) bond motifs is 1. The van der Waals surface area contributed by atoms with Crippen LogP contribution in [0.1, 0.15) is 0 Å². The van der Waals surface area contributed by atoms with Gasteiger partial charge in [0.25, 0.3) is 0 Å². The lowest BCUT2D eigenvalue weighted by Crippen LogP contribution is -2.14. The number of hydrogen-bond acceptors (Lipinski definition) is 6. The van der Waals surface area contributed by atoms with Crippen molar-refractivity contribution < 1.29 is 9.53 Å². The van der Waals surface area contributed by atoms with Gasteiger partial charge in [0, 0.05) is 10.7 Å². The van der Waals surface area contributed by atoms with Crippen molar-refractivity contribution in [3.05, 3.63) is 65.0 Å². The first-order valence-corrected chi connectivity index (χ1v) is 10.5. The third-order valence-electron chi connectivity index (χ3n) is 4.18. The molecule has 0 atom stereocenters. The van der Waals surface area contributed by atoms with E-state index in [-0.39, 0.29) is 11.7 Å². The Morgan fingerprint density at radius 3 is 2.70 bits per heavy atom. The lowest BCUT2D eigenvalue weighted by Gasteiger charge is -2.08. The Hall–Kier alpha value is -2.81. The van der Waals surface area contributed by atoms with Crippen molar-refractivity contribution in [3.8, 4) is 11.4 Å². The Balaban J connectivity index is 1.48. The SMILES string of the molecule is COc1ccc(NC(=O)CSc2ncnc3c2cnn3-c2ccc(Cl)cc2)cc1Cl. The molecule has 30 heavy (non-hydrogen) atoms. The summed E-state index contributed by atoms with van der Waals surface area (Å²) in [5, 5.41) is 9.72. The predicted octanol–water partition coefficient (Wildman–Crippen LogP) is 4.86. The highest BCUT2D eigenvalue weighted by Gasteiger charge is 2.13. The van der Waals surface area contributed by atoms with Crippen LogP contribution in [0.15, 0.2) is 60.0 Å². The van der Waals surface area contributed by atoms with Crippen LogP contribution in [-0.2, 0) is 4.79 Å². The fraction of sp³-hybridized carbons (Fsp3) is 0.100. The number of halogens is 2. The summed E-state index contributed by atoms with van der Waals surface area (Å²) in [7, 11) is 1.54. The smallest absolute Gasteiger partial charge is 0.234 e. The number of aromatic nitrogens is 4. The van der Waals surface area contributed by atoms with Crippen LogP contribution in [0, 0.1) is 0 Å². The first-order valence-electron chi connectivity index (χ1n) is 8.76. The standard InChI is InChI=1S/C20H15Cl2N5O2S/c1-29-17-7-4-13(8-16(17)22)26-18(28)10-30-20-15-9-25-27(19(15)23-11-24-20)14-5-2-12(21)3-6-14/h2-9,11H,10H2,1H3,(H,26,28). The Morgan fingerprint density at radius 2 is 1.97 bits per heavy atom. The van der Waals surface area contributed by atoms with Gasteiger partial charge < -0.3 is 10.1 Å². The third kappa shape index (κ3) is 4.35. The van der Waals surface area contributed by atoms with Crippen LogP contribution >= 0.6 is 35.0 Å². The molecule has 4 rings (SSSR count). The minimum Gasteiger partial charge on any atom is -0.495 e. The maximum absolute atomic E-state index is 12.4. The summed E-state index contributed by atoms with van der Waals surface area (Å²) in [6.45, 7) is 0. The number of thioether (sulfide) groups is 1. The number of nitrogens with one attached hydrogen (secondary N) is 1. The number of anilines is 1. The van der Waals surface area contributed by atoms with E-state index in [1.807, 2.05) is 12.1 Å². The van der Waals surface area contributed by atoms with E-state index in [0.29, 0.717) is 32.2 Å². The van der Waals surface area contributed by atoms with Gasteiger partial charge in [-0.15, -0.1) is 0 Å². The molecule has 7 nitrogen and oxygen atoms in total. The van der Waals surface area contributed by atoms with E-state index in [1.165, 1.54) is 25.2 Å². The molecule has 152 valence electrons. The summed E-state index contributed by atoms with van der Waals surface area (Å²) in [5.74, 6) is 0.533. The second-order valence-corrected chi connectivity index (χ2v) is 7.94. The fourth-order valence-corrected chi connectivity index (χ4v) is 3.93. The van der Waals surface area contributed by atoms with Crippen LogP contribution in [-0.4, -0.2) is 38.5 Å². The van der Waals surface area contributed by atoms with Crippen LogP contribution in [0.3, 0.4) is 0 Å². The number of hydrogen-bond donors (Lipinski definition) is 1. The average Bonchev–Trinajstić information content (AvgIpc) is 3.18. The lowest BCUT2D eigenvalue weighted by atomic mass is 10.3. The minimum atomic E-state index is -0.182. The van der Waals surface area contributed by atoms with Crippen molar-refractivity contribution >= 4 is 57.6 Å². The van der Waals surface area contributed by atoms with E-state index in [1.54, 1.807) is 41.2 Å². The van der Waals surface area contributed by atoms with Gasteiger partial charge in [0.1, 0.15) is 17.1 Å². The maximum atomic E-state index is 12.4. The normalized spacial score (nSPS) is 10.9. The van der Waals surface area contributed by atoms with Gasteiger partial charge in [0.15, 0.2) is 5.65 Å². The Morgan fingerprint density at radius 1 is 1.17 bits per heavy atom. The molecule has 2 aromatic heterocycles. The van der Waals surface area contributed by atoms with Crippen LogP contribution in [0.5, 0.6) is 5.75 Å². The molecule has 0 radical (unpaired) electrons. The zero-order chi connectivity index (χ0) is 21.1. The number of amides is 1. The molecule has 0 saturated carbocycles. The van der Waals surface area contributed by atoms with Gasteiger partial charge >= 0.3 is 0 Å². The summed E-state index contributed by atoms with van der Waals surface area (Å²) < 4.78 is 6.82. The molecule has 2 aromatic carbocycles. The van der Waals surface area contributed by atoms with Crippen LogP contribution in [0.2, 0.25) is 10.0 Å². The summed E-state index contributed by atoms with van der Waals surface area (Å²) in [6.07, 6.45) is 3.15. The fourth-order valence-electron chi connectivity index (χ4n) is 2.78. The molecule has 0 unspecified atom stereocenters. The number of rotatable bonds is 6. The highest BCUT2D eigenvalue weighted by atomic mass is 35.5. The number of benzene rings is 2. The molecule has 4 aromatic rings. The van der Waals surface area contributed by atoms with E-state index < -0.39 is 0 Å². The second-order valence-electron chi connectivity index (χ2n) is 6.14. The predicted molar refractivity (Wildman–Crippen MR) is 119 cm³/mol. The molecule has 0 fully saturated rings. The number of ether oxygens (including phenoxy) is 1. The van der Waals surface area contributed by atoms with E-state index >= 15 is 0 Å². The number of carbonyl (C=O) groups is 1. The highest BCUT2D eigenvalue weighted by molar-refractivity contribution is 8.00. The largest absolute Gasteiger partial charge is 0.495 e. The number of nitrogens with zero attached hydrogens (tertiary/aromatic N) is 4. The molecule has 2 heterocycles. The Bertz CT molecular complexity index is 1210. The van der Waals surface area contributed by atoms with Crippen LogP contribution in [0.4, 0.5) is 5.69 Å². The van der Waals surface area contributed by atoms with Crippen LogP contribution < -0.4 is 10.1 Å². The molecule has 0 aliphatic heterocycles. The molecule has 0 bridgehead atoms. The summed E-state index contributed by atoms with van der Waals surface area (Å²) in [6, 6.07) is 12.4. The monoisotopic (exact) mass is 459 g/mol. The number of carbonyl (C=O) groups excluding carboxylic acids is 1. The molecule has 0 aliphatic carbocycles. The molecule has 1 N–H and O–H groups in total. The van der Waals surface area contributed by atoms with Crippen LogP contribution in [0.25, 0.3) is 16.7 Å². The van der Waals surface area contributed by atoms with E-state index in [0.717, 1.165) is 11.1 Å². The average molecular weight is 460 g/mol. The van der Waals surface area contributed by atoms with E-state index in [9.17, 15) is 4.79 Å². The molecular formula is C20H15Cl2N5O2S. The topological polar surface area (TPSA) is 81.9 Å². The zero-order valence-corrected chi connectivity index (χ0v) is 18.0. The second kappa shape index (κ2) is 8.91. The Labute approximate surface area is 186 Å². The summed E-state index contributed by atoms with van der Waals surface area (Å²) in [4.78, 5) is 21.0. The van der Waals surface area contributed by atoms with Gasteiger partial charge in [-0.1, -0.05) is 35.0 Å². The Kier molecular flexibility index (Phi) is 6.08. The van der Waals surface area contributed by atoms with Crippen molar-refractivity contribution in [2.75, 3.05) is 18.2 Å². The molecular weight excluding hydrogens is 445 g/mol. The lowest BCUT2D eigenvalue weighted by molar-refractivity contribution is -0.113. The van der Waals surface area contributed by atoms with Crippen molar-refractivity contribution in [1.29, 1.82) is 0 Å². The van der Waals surface area contributed by atoms with Gasteiger partial charge in [-0.3, -0.25) is 4.79 Å². The minimum absolute atomic E-state index is 0.169. The van der Waals surface area contributed by atoms with Gasteiger partial charge in [0.05, 0.1) is 35.2 Å². The van der Waals surface area contributed by atoms with Gasteiger partial charge in [0.2, 0.25) is 5.91 Å². The third-order valence-corrected chi connectivity index (χ3v) is 5.73. The summed E-state index contributed by atoms with van der Waals surface area (Å²) >= 11 is 13.4. The van der Waals surface area contributed by atoms with Gasteiger partial charge in [-0.2, -0.15) is 5.10 Å². The van der Waals surface area contributed by atoms with Crippen molar-refractivity contribution in [1.82, 2.24) is 19.7 Å². The first kappa shape index (κ1) is 20.5. The molecule has 10 heteroatoms. The van der Waals surface area contributed by atoms with Crippen molar-refractivity contribution in [2.24, 2.45) is 0 Å². The number of methoxy groups -OCH3 is 1. The first-order chi connectivity index (χ1) is 14.5. The molecule has 0 spiro atoms. The van der Waals surface area contributed by atoms with Crippen molar-refractivity contribution in [2.45, 2.75) is 5.03 Å². The summed E-state index contributed by atoms with van der Waals surface area (Å²) in [5.41, 5.74) is 2.07. The van der Waals surface area contributed by atoms with Gasteiger partial charge in [-0.05, 0) is 42.5 Å². The van der Waals surface area contributed by atoms with Crippen molar-refractivity contribution in [3.63, 3.8) is 0 Å². The molecule has 0 saturated heterocycles. The molecule has 0 aliphatic rings. The van der Waals surface area contributed by atoms with E-state index in [4.69, 9.17) is 27.9 Å². The zero-order valence-electron chi connectivity index (χ0n) is 15.7. The van der Waals surface area contributed by atoms with Gasteiger partial charge in [-0.25, -0.2) is 14.6 Å². The molecule has 1 amide bonds. The highest BCUT2D eigenvalue weighted by Crippen LogP contribution is 2.28.